The Labute approximate surface area is 204 Å². The Balaban J connectivity index is 1.58. The summed E-state index contributed by atoms with van der Waals surface area (Å²) >= 11 is 0. The topological polar surface area (TPSA) is 39.9 Å². The molecule has 3 aromatic heterocycles. The fourth-order valence-corrected chi connectivity index (χ4v) is 4.72. The van der Waals surface area contributed by atoms with Gasteiger partial charge in [-0.1, -0.05) is 50.2 Å². The van der Waals surface area contributed by atoms with Crippen LogP contribution in [0.4, 0.5) is 0 Å². The molecule has 0 bridgehead atoms. The number of aromatic nitrogens is 3. The first-order chi connectivity index (χ1) is 17.1. The SMILES string of the molecule is CC(C)(c1ccc2c(c1)c1cc(Oc3ccccn3)ccc1n2-c1ccccc1)c1ccccn1. The van der Waals surface area contributed by atoms with Crippen LogP contribution in [0.3, 0.4) is 0 Å². The zero-order valence-corrected chi connectivity index (χ0v) is 19.7. The van der Waals surface area contributed by atoms with Crippen molar-refractivity contribution < 1.29 is 4.74 Å². The van der Waals surface area contributed by atoms with Crippen LogP contribution in [0.2, 0.25) is 0 Å². The van der Waals surface area contributed by atoms with E-state index in [2.05, 4.69) is 89.0 Å². The van der Waals surface area contributed by atoms with Crippen molar-refractivity contribution in [1.82, 2.24) is 14.5 Å². The van der Waals surface area contributed by atoms with Crippen molar-refractivity contribution >= 4 is 21.8 Å². The van der Waals surface area contributed by atoms with E-state index in [-0.39, 0.29) is 5.41 Å². The van der Waals surface area contributed by atoms with Gasteiger partial charge in [0.1, 0.15) is 5.75 Å². The molecule has 0 aliphatic carbocycles. The average molecular weight is 456 g/mol. The van der Waals surface area contributed by atoms with Gasteiger partial charge in [-0.25, -0.2) is 4.98 Å². The lowest BCUT2D eigenvalue weighted by atomic mass is 9.80. The van der Waals surface area contributed by atoms with Gasteiger partial charge >= 0.3 is 0 Å². The molecule has 6 aromatic rings. The molecule has 0 N–H and O–H groups in total. The van der Waals surface area contributed by atoms with Crippen LogP contribution in [-0.2, 0) is 5.41 Å². The van der Waals surface area contributed by atoms with Gasteiger partial charge in [-0.15, -0.1) is 0 Å². The molecule has 0 atom stereocenters. The number of para-hydroxylation sites is 1. The first-order valence-corrected chi connectivity index (χ1v) is 11.8. The van der Waals surface area contributed by atoms with Crippen molar-refractivity contribution in [2.24, 2.45) is 0 Å². The van der Waals surface area contributed by atoms with Crippen LogP contribution in [0, 0.1) is 0 Å². The molecule has 3 heterocycles. The first-order valence-electron chi connectivity index (χ1n) is 11.8. The third-order valence-corrected chi connectivity index (χ3v) is 6.64. The van der Waals surface area contributed by atoms with Crippen LogP contribution in [-0.4, -0.2) is 14.5 Å². The molecule has 0 aliphatic rings. The van der Waals surface area contributed by atoms with Crippen LogP contribution in [0.15, 0.2) is 116 Å². The number of benzene rings is 3. The summed E-state index contributed by atoms with van der Waals surface area (Å²) in [6.07, 6.45) is 3.60. The van der Waals surface area contributed by atoms with Gasteiger partial charge in [-0.3, -0.25) is 4.98 Å². The van der Waals surface area contributed by atoms with E-state index in [0.717, 1.165) is 33.6 Å². The molecule has 0 amide bonds. The molecule has 170 valence electrons. The summed E-state index contributed by atoms with van der Waals surface area (Å²) in [5, 5.41) is 2.31. The van der Waals surface area contributed by atoms with E-state index in [1.54, 1.807) is 6.20 Å². The van der Waals surface area contributed by atoms with E-state index in [4.69, 9.17) is 4.74 Å². The van der Waals surface area contributed by atoms with Crippen LogP contribution >= 0.6 is 0 Å². The number of pyridine rings is 2. The number of fused-ring (bicyclic) bond motifs is 3. The van der Waals surface area contributed by atoms with Crippen molar-refractivity contribution in [2.75, 3.05) is 0 Å². The maximum Gasteiger partial charge on any atom is 0.219 e. The minimum Gasteiger partial charge on any atom is -0.439 e. The van der Waals surface area contributed by atoms with Crippen LogP contribution < -0.4 is 4.74 Å². The summed E-state index contributed by atoms with van der Waals surface area (Å²) in [4.78, 5) is 8.97. The summed E-state index contributed by atoms with van der Waals surface area (Å²) in [6.45, 7) is 4.45. The predicted octanol–water partition coefficient (Wildman–Crippen LogP) is 7.69. The third-order valence-electron chi connectivity index (χ3n) is 6.64. The van der Waals surface area contributed by atoms with E-state index in [1.165, 1.54) is 10.9 Å². The molecule has 4 nitrogen and oxygen atoms in total. The van der Waals surface area contributed by atoms with Crippen LogP contribution in [0.5, 0.6) is 11.6 Å². The lowest BCUT2D eigenvalue weighted by Crippen LogP contribution is -2.20. The molecule has 6 rings (SSSR count). The molecular formula is C31H25N3O. The summed E-state index contributed by atoms with van der Waals surface area (Å²) in [5.74, 6) is 1.34. The van der Waals surface area contributed by atoms with Crippen molar-refractivity contribution in [3.63, 3.8) is 0 Å². The maximum absolute atomic E-state index is 6.09. The second-order valence-corrected chi connectivity index (χ2v) is 9.19. The van der Waals surface area contributed by atoms with Gasteiger partial charge in [0.15, 0.2) is 0 Å². The molecular weight excluding hydrogens is 430 g/mol. The molecule has 0 fully saturated rings. The Bertz CT molecular complexity index is 1620. The molecule has 4 heteroatoms. The zero-order valence-electron chi connectivity index (χ0n) is 19.7. The Morgan fingerprint density at radius 3 is 2.06 bits per heavy atom. The van der Waals surface area contributed by atoms with Crippen molar-refractivity contribution in [3.8, 4) is 17.3 Å². The number of rotatable bonds is 5. The monoisotopic (exact) mass is 455 g/mol. The van der Waals surface area contributed by atoms with Gasteiger partial charge in [-0.2, -0.15) is 0 Å². The van der Waals surface area contributed by atoms with Gasteiger partial charge in [0, 0.05) is 40.3 Å². The van der Waals surface area contributed by atoms with Gasteiger partial charge < -0.3 is 9.30 Å². The molecule has 0 spiro atoms. The van der Waals surface area contributed by atoms with Crippen molar-refractivity contribution in [2.45, 2.75) is 19.3 Å². The lowest BCUT2D eigenvalue weighted by molar-refractivity contribution is 0.463. The normalized spacial score (nSPS) is 11.7. The quantitative estimate of drug-likeness (QED) is 0.267. The molecule has 35 heavy (non-hydrogen) atoms. The summed E-state index contributed by atoms with van der Waals surface area (Å²) in [7, 11) is 0. The fourth-order valence-electron chi connectivity index (χ4n) is 4.72. The van der Waals surface area contributed by atoms with Gasteiger partial charge in [-0.05, 0) is 66.2 Å². The van der Waals surface area contributed by atoms with E-state index in [1.807, 2.05) is 48.7 Å². The molecule has 3 aromatic carbocycles. The minimum absolute atomic E-state index is 0.237. The molecule has 0 aliphatic heterocycles. The molecule has 0 radical (unpaired) electrons. The smallest absolute Gasteiger partial charge is 0.219 e. The second-order valence-electron chi connectivity index (χ2n) is 9.19. The number of ether oxygens (including phenoxy) is 1. The highest BCUT2D eigenvalue weighted by atomic mass is 16.5. The molecule has 0 saturated heterocycles. The number of hydrogen-bond donors (Lipinski definition) is 0. The second kappa shape index (κ2) is 8.41. The number of nitrogens with zero attached hydrogens (tertiary/aromatic N) is 3. The third kappa shape index (κ3) is 3.73. The summed E-state index contributed by atoms with van der Waals surface area (Å²) < 4.78 is 8.40. The first kappa shape index (κ1) is 21.1. The largest absolute Gasteiger partial charge is 0.439 e. The Morgan fingerprint density at radius 2 is 1.34 bits per heavy atom. The van der Waals surface area contributed by atoms with Gasteiger partial charge in [0.25, 0.3) is 0 Å². The standard InChI is InChI=1S/C31H25N3O/c1-31(2,29-12-6-8-18-32-29)22-14-16-27-25(20-22)26-21-24(35-30-13-7-9-19-33-30)15-17-28(26)34(27)23-10-4-3-5-11-23/h3-21H,1-2H3. The highest BCUT2D eigenvalue weighted by Crippen LogP contribution is 2.38. The van der Waals surface area contributed by atoms with E-state index >= 15 is 0 Å². The maximum atomic E-state index is 6.09. The zero-order chi connectivity index (χ0) is 23.8. The van der Waals surface area contributed by atoms with Gasteiger partial charge in [0.2, 0.25) is 5.88 Å². The molecule has 0 unspecified atom stereocenters. The van der Waals surface area contributed by atoms with Crippen molar-refractivity contribution in [3.05, 3.63) is 127 Å². The predicted molar refractivity (Wildman–Crippen MR) is 141 cm³/mol. The fraction of sp³-hybridized carbons (Fsp3) is 0.0968. The summed E-state index contributed by atoms with van der Waals surface area (Å²) in [5.41, 5.74) is 5.44. The van der Waals surface area contributed by atoms with Crippen molar-refractivity contribution in [1.29, 1.82) is 0 Å². The van der Waals surface area contributed by atoms with E-state index in [9.17, 15) is 0 Å². The molecule has 0 saturated carbocycles. The Morgan fingerprint density at radius 1 is 0.657 bits per heavy atom. The Kier molecular flexibility index (Phi) is 5.07. The van der Waals surface area contributed by atoms with Crippen LogP contribution in [0.25, 0.3) is 27.5 Å². The van der Waals surface area contributed by atoms with E-state index in [0.29, 0.717) is 5.88 Å². The Hall–Kier alpha value is -4.44. The highest BCUT2D eigenvalue weighted by Gasteiger charge is 2.26. The highest BCUT2D eigenvalue weighted by molar-refractivity contribution is 6.10. The van der Waals surface area contributed by atoms with E-state index < -0.39 is 0 Å². The lowest BCUT2D eigenvalue weighted by Gasteiger charge is -2.25. The van der Waals surface area contributed by atoms with Gasteiger partial charge in [0.05, 0.1) is 16.7 Å². The van der Waals surface area contributed by atoms with Crippen LogP contribution in [0.1, 0.15) is 25.1 Å². The summed E-state index contributed by atoms with van der Waals surface area (Å²) in [6, 6.07) is 35.2. The minimum atomic E-state index is -0.237. The average Bonchev–Trinajstić information content (AvgIpc) is 3.23. The number of hydrogen-bond acceptors (Lipinski definition) is 3.